The van der Waals surface area contributed by atoms with E-state index in [9.17, 15) is 4.79 Å². The van der Waals surface area contributed by atoms with E-state index in [2.05, 4.69) is 20.3 Å². The minimum absolute atomic E-state index is 0.0662. The predicted octanol–water partition coefficient (Wildman–Crippen LogP) is 2.27. The molecule has 0 aliphatic carbocycles. The fourth-order valence-electron chi connectivity index (χ4n) is 3.31. The Morgan fingerprint density at radius 1 is 1.15 bits per heavy atom. The molecule has 0 unspecified atom stereocenters. The number of anilines is 2. The number of hydrogen-bond acceptors (Lipinski definition) is 8. The van der Waals surface area contributed by atoms with Gasteiger partial charge in [0.15, 0.2) is 10.9 Å². The first-order chi connectivity index (χ1) is 12.5. The zero-order valence-corrected chi connectivity index (χ0v) is 15.6. The van der Waals surface area contributed by atoms with Crippen LogP contribution in [0, 0.1) is 13.8 Å². The first-order valence-electron chi connectivity index (χ1n) is 8.65. The summed E-state index contributed by atoms with van der Waals surface area (Å²) < 4.78 is 11.4. The van der Waals surface area contributed by atoms with Gasteiger partial charge in [0.2, 0.25) is 5.95 Å². The Morgan fingerprint density at radius 2 is 1.81 bits per heavy atom. The van der Waals surface area contributed by atoms with E-state index in [0.717, 1.165) is 11.4 Å². The van der Waals surface area contributed by atoms with Crippen molar-refractivity contribution in [2.75, 3.05) is 31.6 Å². The standard InChI is InChI=1S/C17H21N5O3S/c1-11-9-12(2)19-15(18-11)21-16-20-13(10-26-16)14(23)22-5-3-17(4-6-22)24-7-8-25-17/h9-10H,3-8H2,1-2H3,(H,18,19,20,21). The summed E-state index contributed by atoms with van der Waals surface area (Å²) >= 11 is 1.37. The summed E-state index contributed by atoms with van der Waals surface area (Å²) in [6.45, 7) is 6.32. The van der Waals surface area contributed by atoms with Gasteiger partial charge in [-0.1, -0.05) is 0 Å². The maximum absolute atomic E-state index is 12.7. The molecule has 138 valence electrons. The highest BCUT2D eigenvalue weighted by atomic mass is 32.1. The van der Waals surface area contributed by atoms with Gasteiger partial charge in [0.05, 0.1) is 13.2 Å². The van der Waals surface area contributed by atoms with Crippen LogP contribution in [0.4, 0.5) is 11.1 Å². The number of piperidine rings is 1. The molecule has 0 saturated carbocycles. The molecule has 1 amide bonds. The monoisotopic (exact) mass is 375 g/mol. The van der Waals surface area contributed by atoms with Crippen molar-refractivity contribution >= 4 is 28.3 Å². The second-order valence-corrected chi connectivity index (χ2v) is 7.40. The van der Waals surface area contributed by atoms with Crippen molar-refractivity contribution < 1.29 is 14.3 Å². The van der Waals surface area contributed by atoms with Crippen LogP contribution in [0.25, 0.3) is 0 Å². The van der Waals surface area contributed by atoms with Gasteiger partial charge in [0, 0.05) is 42.7 Å². The van der Waals surface area contributed by atoms with E-state index in [-0.39, 0.29) is 5.91 Å². The third-order valence-corrected chi connectivity index (χ3v) is 5.31. The fourth-order valence-corrected chi connectivity index (χ4v) is 3.98. The molecule has 2 aliphatic rings. The van der Waals surface area contributed by atoms with E-state index in [1.165, 1.54) is 11.3 Å². The number of carbonyl (C=O) groups excluding carboxylic acids is 1. The van der Waals surface area contributed by atoms with Gasteiger partial charge in [0.25, 0.3) is 5.91 Å². The molecule has 2 saturated heterocycles. The number of ether oxygens (including phenoxy) is 2. The summed E-state index contributed by atoms with van der Waals surface area (Å²) in [4.78, 5) is 27.6. The van der Waals surface area contributed by atoms with Gasteiger partial charge in [-0.25, -0.2) is 15.0 Å². The molecule has 8 nitrogen and oxygen atoms in total. The van der Waals surface area contributed by atoms with Gasteiger partial charge in [-0.2, -0.15) is 0 Å². The number of hydrogen-bond donors (Lipinski definition) is 1. The second kappa shape index (κ2) is 6.90. The highest BCUT2D eigenvalue weighted by Gasteiger charge is 2.41. The van der Waals surface area contributed by atoms with Crippen LogP contribution in [0.1, 0.15) is 34.7 Å². The maximum atomic E-state index is 12.7. The Bertz CT molecular complexity index is 788. The Kier molecular flexibility index (Phi) is 4.60. The van der Waals surface area contributed by atoms with Crippen molar-refractivity contribution in [3.05, 3.63) is 28.5 Å². The van der Waals surface area contributed by atoms with Crippen LogP contribution in [0.2, 0.25) is 0 Å². The molecule has 0 radical (unpaired) electrons. The zero-order chi connectivity index (χ0) is 18.1. The van der Waals surface area contributed by atoms with Gasteiger partial charge in [-0.05, 0) is 19.9 Å². The highest BCUT2D eigenvalue weighted by Crippen LogP contribution is 2.32. The van der Waals surface area contributed by atoms with Gasteiger partial charge in [-0.15, -0.1) is 11.3 Å². The molecule has 9 heteroatoms. The van der Waals surface area contributed by atoms with E-state index in [4.69, 9.17) is 9.47 Å². The smallest absolute Gasteiger partial charge is 0.273 e. The summed E-state index contributed by atoms with van der Waals surface area (Å²) in [7, 11) is 0. The Balaban J connectivity index is 1.40. The number of carbonyl (C=O) groups is 1. The summed E-state index contributed by atoms with van der Waals surface area (Å²) in [5, 5.41) is 5.45. The van der Waals surface area contributed by atoms with Crippen molar-refractivity contribution in [1.82, 2.24) is 19.9 Å². The van der Waals surface area contributed by atoms with Crippen LogP contribution in [-0.2, 0) is 9.47 Å². The minimum Gasteiger partial charge on any atom is -0.347 e. The van der Waals surface area contributed by atoms with E-state index < -0.39 is 5.79 Å². The third kappa shape index (κ3) is 3.55. The molecule has 26 heavy (non-hydrogen) atoms. The number of nitrogens with one attached hydrogen (secondary N) is 1. The third-order valence-electron chi connectivity index (χ3n) is 4.55. The van der Waals surface area contributed by atoms with Crippen LogP contribution in [0.3, 0.4) is 0 Å². The van der Waals surface area contributed by atoms with Crippen LogP contribution >= 0.6 is 11.3 Å². The Labute approximate surface area is 155 Å². The van der Waals surface area contributed by atoms with E-state index >= 15 is 0 Å². The van der Waals surface area contributed by atoms with Crippen LogP contribution in [0.5, 0.6) is 0 Å². The quantitative estimate of drug-likeness (QED) is 0.880. The molecular weight excluding hydrogens is 354 g/mol. The molecule has 4 heterocycles. The molecule has 0 bridgehead atoms. The van der Waals surface area contributed by atoms with Gasteiger partial charge in [0.1, 0.15) is 5.69 Å². The van der Waals surface area contributed by atoms with Crippen molar-refractivity contribution in [3.63, 3.8) is 0 Å². The van der Waals surface area contributed by atoms with Crippen molar-refractivity contribution in [2.24, 2.45) is 0 Å². The van der Waals surface area contributed by atoms with E-state index in [1.807, 2.05) is 24.8 Å². The number of likely N-dealkylation sites (tertiary alicyclic amines) is 1. The van der Waals surface area contributed by atoms with Gasteiger partial charge in [-0.3, -0.25) is 4.79 Å². The molecule has 1 spiro atoms. The van der Waals surface area contributed by atoms with Crippen molar-refractivity contribution in [2.45, 2.75) is 32.5 Å². The number of amides is 1. The Morgan fingerprint density at radius 3 is 2.46 bits per heavy atom. The normalized spacial score (nSPS) is 19.1. The van der Waals surface area contributed by atoms with Gasteiger partial charge < -0.3 is 19.7 Å². The SMILES string of the molecule is Cc1cc(C)nc(Nc2nc(C(=O)N3CCC4(CC3)OCCO4)cs2)n1. The zero-order valence-electron chi connectivity index (χ0n) is 14.8. The average molecular weight is 375 g/mol. The molecule has 0 aromatic carbocycles. The van der Waals surface area contributed by atoms with Crippen LogP contribution in [0.15, 0.2) is 11.4 Å². The molecule has 2 aliphatic heterocycles. The first kappa shape index (κ1) is 17.3. The number of rotatable bonds is 3. The fraction of sp³-hybridized carbons (Fsp3) is 0.529. The second-order valence-electron chi connectivity index (χ2n) is 6.54. The number of aryl methyl sites for hydroxylation is 2. The molecule has 2 aromatic rings. The minimum atomic E-state index is -0.480. The lowest BCUT2D eigenvalue weighted by atomic mass is 10.0. The summed E-state index contributed by atoms with van der Waals surface area (Å²) in [5.41, 5.74) is 2.20. The highest BCUT2D eigenvalue weighted by molar-refractivity contribution is 7.14. The van der Waals surface area contributed by atoms with Crippen LogP contribution in [-0.4, -0.2) is 57.8 Å². The lowest BCUT2D eigenvalue weighted by Crippen LogP contribution is -2.47. The number of nitrogens with zero attached hydrogens (tertiary/aromatic N) is 4. The van der Waals surface area contributed by atoms with E-state index in [0.29, 0.717) is 55.9 Å². The summed E-state index contributed by atoms with van der Waals surface area (Å²) in [5.74, 6) is -0.0545. The Hall–Kier alpha value is -2.10. The molecular formula is C17H21N5O3S. The molecule has 1 N–H and O–H groups in total. The summed E-state index contributed by atoms with van der Waals surface area (Å²) in [6.07, 6.45) is 1.40. The molecule has 2 aromatic heterocycles. The lowest BCUT2D eigenvalue weighted by molar-refractivity contribution is -0.181. The first-order valence-corrected chi connectivity index (χ1v) is 9.53. The molecule has 4 rings (SSSR count). The number of thiazole rings is 1. The largest absolute Gasteiger partial charge is 0.347 e. The number of aromatic nitrogens is 3. The van der Waals surface area contributed by atoms with Crippen molar-refractivity contribution in [3.8, 4) is 0 Å². The maximum Gasteiger partial charge on any atom is 0.273 e. The molecule has 2 fully saturated rings. The van der Waals surface area contributed by atoms with Gasteiger partial charge >= 0.3 is 0 Å². The average Bonchev–Trinajstić information content (AvgIpc) is 3.24. The molecule has 0 atom stereocenters. The lowest BCUT2D eigenvalue weighted by Gasteiger charge is -2.37. The predicted molar refractivity (Wildman–Crippen MR) is 96.7 cm³/mol. The van der Waals surface area contributed by atoms with Crippen LogP contribution < -0.4 is 5.32 Å². The van der Waals surface area contributed by atoms with Crippen molar-refractivity contribution in [1.29, 1.82) is 0 Å². The summed E-state index contributed by atoms with van der Waals surface area (Å²) in [6, 6.07) is 1.91. The topological polar surface area (TPSA) is 89.5 Å². The van der Waals surface area contributed by atoms with E-state index in [1.54, 1.807) is 5.38 Å².